The fourth-order valence-corrected chi connectivity index (χ4v) is 3.01. The molecule has 0 amide bonds. The Labute approximate surface area is 123 Å². The van der Waals surface area contributed by atoms with Gasteiger partial charge >= 0.3 is 5.69 Å². The van der Waals surface area contributed by atoms with Crippen LogP contribution in [0.25, 0.3) is 0 Å². The molecule has 2 heterocycles. The standard InChI is InChI=1S/C10H12N6O2S2/c1-3-4-11-8-7(16(17)18)9(13-5-12-8)19-10-14-6(2)15-20-10/h5H,3-4H2,1-2H3,(H,11,12,13). The normalized spacial score (nSPS) is 10.5. The maximum absolute atomic E-state index is 11.2. The van der Waals surface area contributed by atoms with Gasteiger partial charge in [0.1, 0.15) is 12.2 Å². The molecule has 1 N–H and O–H groups in total. The largest absolute Gasteiger partial charge is 0.364 e. The molecule has 0 unspecified atom stereocenters. The minimum Gasteiger partial charge on any atom is -0.364 e. The predicted octanol–water partition coefficient (Wildman–Crippen LogP) is 2.52. The van der Waals surface area contributed by atoms with Crippen LogP contribution in [-0.2, 0) is 0 Å². The van der Waals surface area contributed by atoms with Crippen molar-refractivity contribution in [3.05, 3.63) is 22.3 Å². The quantitative estimate of drug-likeness (QED) is 0.492. The van der Waals surface area contributed by atoms with E-state index in [0.29, 0.717) is 16.7 Å². The zero-order valence-corrected chi connectivity index (χ0v) is 12.5. The number of anilines is 1. The molecule has 0 fully saturated rings. The van der Waals surface area contributed by atoms with E-state index in [9.17, 15) is 10.1 Å². The van der Waals surface area contributed by atoms with Crippen molar-refractivity contribution >= 4 is 34.8 Å². The molecule has 0 atom stereocenters. The molecular weight excluding hydrogens is 300 g/mol. The van der Waals surface area contributed by atoms with Gasteiger partial charge in [-0.3, -0.25) is 10.1 Å². The van der Waals surface area contributed by atoms with Crippen molar-refractivity contribution in [3.8, 4) is 0 Å². The molecule has 0 aliphatic rings. The Morgan fingerprint density at radius 3 is 2.90 bits per heavy atom. The van der Waals surface area contributed by atoms with Crippen LogP contribution in [0.15, 0.2) is 15.7 Å². The molecule has 0 aliphatic carbocycles. The second-order valence-electron chi connectivity index (χ2n) is 3.77. The molecule has 20 heavy (non-hydrogen) atoms. The van der Waals surface area contributed by atoms with Crippen molar-refractivity contribution in [2.24, 2.45) is 0 Å². The lowest BCUT2D eigenvalue weighted by Gasteiger charge is -2.06. The maximum Gasteiger partial charge on any atom is 0.343 e. The number of nitrogens with one attached hydrogen (secondary N) is 1. The van der Waals surface area contributed by atoms with Crippen molar-refractivity contribution < 1.29 is 4.92 Å². The van der Waals surface area contributed by atoms with E-state index >= 15 is 0 Å². The average Bonchev–Trinajstić information content (AvgIpc) is 2.81. The zero-order chi connectivity index (χ0) is 14.5. The summed E-state index contributed by atoms with van der Waals surface area (Å²) in [7, 11) is 0. The first-order valence-electron chi connectivity index (χ1n) is 5.83. The highest BCUT2D eigenvalue weighted by atomic mass is 32.2. The van der Waals surface area contributed by atoms with Crippen LogP contribution >= 0.6 is 23.3 Å². The molecule has 0 bridgehead atoms. The van der Waals surface area contributed by atoms with E-state index in [1.54, 1.807) is 6.92 Å². The average molecular weight is 312 g/mol. The van der Waals surface area contributed by atoms with Crippen LogP contribution in [0.1, 0.15) is 19.2 Å². The Morgan fingerprint density at radius 1 is 1.50 bits per heavy atom. The van der Waals surface area contributed by atoms with Crippen molar-refractivity contribution in [3.63, 3.8) is 0 Å². The molecule has 0 saturated heterocycles. The van der Waals surface area contributed by atoms with Gasteiger partial charge in [-0.05, 0) is 36.6 Å². The molecule has 0 spiro atoms. The van der Waals surface area contributed by atoms with Crippen LogP contribution in [0.5, 0.6) is 0 Å². The van der Waals surface area contributed by atoms with Crippen LogP contribution in [0, 0.1) is 17.0 Å². The van der Waals surface area contributed by atoms with Gasteiger partial charge in [-0.1, -0.05) is 6.92 Å². The minimum absolute atomic E-state index is 0.126. The molecule has 2 aromatic rings. The second kappa shape index (κ2) is 6.57. The fraction of sp³-hybridized carbons (Fsp3) is 0.400. The number of hydrogen-bond acceptors (Lipinski definition) is 9. The van der Waals surface area contributed by atoms with Gasteiger partial charge in [0.15, 0.2) is 9.37 Å². The van der Waals surface area contributed by atoms with Crippen LogP contribution < -0.4 is 5.32 Å². The molecule has 0 saturated carbocycles. The van der Waals surface area contributed by atoms with Crippen LogP contribution in [0.4, 0.5) is 11.5 Å². The van der Waals surface area contributed by atoms with E-state index < -0.39 is 4.92 Å². The first-order valence-corrected chi connectivity index (χ1v) is 7.42. The molecule has 8 nitrogen and oxygen atoms in total. The summed E-state index contributed by atoms with van der Waals surface area (Å²) >= 11 is 2.31. The lowest BCUT2D eigenvalue weighted by molar-refractivity contribution is -0.387. The summed E-state index contributed by atoms with van der Waals surface area (Å²) in [5.74, 6) is 0.870. The molecule has 10 heteroatoms. The van der Waals surface area contributed by atoms with Gasteiger partial charge in [0.2, 0.25) is 5.82 Å². The van der Waals surface area contributed by atoms with Crippen molar-refractivity contribution in [1.29, 1.82) is 0 Å². The van der Waals surface area contributed by atoms with Gasteiger partial charge in [-0.25, -0.2) is 15.0 Å². The highest BCUT2D eigenvalue weighted by molar-refractivity contribution is 8.01. The Balaban J connectivity index is 2.33. The van der Waals surface area contributed by atoms with Gasteiger partial charge in [0.05, 0.1) is 4.92 Å². The number of aromatic nitrogens is 4. The summed E-state index contributed by atoms with van der Waals surface area (Å²) in [6, 6.07) is 0. The van der Waals surface area contributed by atoms with Gasteiger partial charge < -0.3 is 5.32 Å². The highest BCUT2D eigenvalue weighted by Gasteiger charge is 2.24. The third-order valence-electron chi connectivity index (χ3n) is 2.21. The molecule has 0 aromatic carbocycles. The van der Waals surface area contributed by atoms with E-state index in [1.165, 1.54) is 17.9 Å². The zero-order valence-electron chi connectivity index (χ0n) is 10.9. The minimum atomic E-state index is -0.478. The number of aryl methyl sites for hydroxylation is 1. The lowest BCUT2D eigenvalue weighted by Crippen LogP contribution is -2.07. The number of nitro groups is 1. The summed E-state index contributed by atoms with van der Waals surface area (Å²) < 4.78 is 4.66. The van der Waals surface area contributed by atoms with E-state index in [1.807, 2.05) is 6.92 Å². The maximum atomic E-state index is 11.2. The first-order chi connectivity index (χ1) is 9.61. The van der Waals surface area contributed by atoms with Crippen LogP contribution in [-0.4, -0.2) is 30.8 Å². The fourth-order valence-electron chi connectivity index (χ4n) is 1.38. The van der Waals surface area contributed by atoms with E-state index in [2.05, 4.69) is 24.6 Å². The van der Waals surface area contributed by atoms with Crippen molar-refractivity contribution in [2.75, 3.05) is 11.9 Å². The molecule has 0 radical (unpaired) electrons. The van der Waals surface area contributed by atoms with Gasteiger partial charge in [0.25, 0.3) is 0 Å². The molecule has 0 aliphatic heterocycles. The first kappa shape index (κ1) is 14.6. The Bertz CT molecular complexity index is 618. The molecule has 2 rings (SSSR count). The topological polar surface area (TPSA) is 107 Å². The third kappa shape index (κ3) is 3.39. The lowest BCUT2D eigenvalue weighted by atomic mass is 10.4. The van der Waals surface area contributed by atoms with Gasteiger partial charge in [-0.15, -0.1) is 0 Å². The van der Waals surface area contributed by atoms with Gasteiger partial charge in [0, 0.05) is 6.54 Å². The van der Waals surface area contributed by atoms with E-state index in [4.69, 9.17) is 0 Å². The number of rotatable bonds is 6. The van der Waals surface area contributed by atoms with Crippen molar-refractivity contribution in [2.45, 2.75) is 29.6 Å². The summed E-state index contributed by atoms with van der Waals surface area (Å²) in [6.45, 7) is 4.35. The number of nitrogens with zero attached hydrogens (tertiary/aromatic N) is 5. The number of hydrogen-bond donors (Lipinski definition) is 1. The molecule has 2 aromatic heterocycles. The predicted molar refractivity (Wildman–Crippen MR) is 76.2 cm³/mol. The van der Waals surface area contributed by atoms with Crippen LogP contribution in [0.3, 0.4) is 0 Å². The molecular formula is C10H12N6O2S2. The summed E-state index contributed by atoms with van der Waals surface area (Å²) in [4.78, 5) is 22.8. The van der Waals surface area contributed by atoms with Crippen molar-refractivity contribution in [1.82, 2.24) is 19.3 Å². The Morgan fingerprint density at radius 2 is 2.30 bits per heavy atom. The summed E-state index contributed by atoms with van der Waals surface area (Å²) in [6.07, 6.45) is 2.15. The highest BCUT2D eigenvalue weighted by Crippen LogP contribution is 2.36. The monoisotopic (exact) mass is 312 g/mol. The Kier molecular flexibility index (Phi) is 4.79. The van der Waals surface area contributed by atoms with Gasteiger partial charge in [-0.2, -0.15) is 4.37 Å². The Hall–Kier alpha value is -1.81. The van der Waals surface area contributed by atoms with E-state index in [-0.39, 0.29) is 16.5 Å². The smallest absolute Gasteiger partial charge is 0.343 e. The molecule has 106 valence electrons. The summed E-state index contributed by atoms with van der Waals surface area (Å²) in [5, 5.41) is 14.4. The second-order valence-corrected chi connectivity index (χ2v) is 5.76. The third-order valence-corrected chi connectivity index (χ3v) is 4.04. The SMILES string of the molecule is CCCNc1ncnc(Sc2nc(C)ns2)c1[N+](=O)[O-]. The summed E-state index contributed by atoms with van der Waals surface area (Å²) in [5.41, 5.74) is -0.126. The van der Waals surface area contributed by atoms with Crippen LogP contribution in [0.2, 0.25) is 0 Å². The van der Waals surface area contributed by atoms with E-state index in [0.717, 1.165) is 18.2 Å².